The van der Waals surface area contributed by atoms with Crippen molar-refractivity contribution < 1.29 is 9.34 Å². The van der Waals surface area contributed by atoms with Crippen molar-refractivity contribution in [2.75, 3.05) is 6.54 Å². The van der Waals surface area contributed by atoms with Gasteiger partial charge < -0.3 is 4.42 Å². The quantitative estimate of drug-likeness (QED) is 0.530. The number of thiazole rings is 1. The summed E-state index contributed by atoms with van der Waals surface area (Å²) in [5.41, 5.74) is 1.13. The van der Waals surface area contributed by atoms with Crippen molar-refractivity contribution in [1.29, 1.82) is 0 Å². The third-order valence-electron chi connectivity index (χ3n) is 3.97. The van der Waals surface area contributed by atoms with Gasteiger partial charge in [0.2, 0.25) is 0 Å². The number of nitro groups is 1. The molecule has 0 N–H and O–H groups in total. The standard InChI is InChI=1S/C17H13N3O4S/c1-10-2-4-12(13(8-10)20(22)23)14-5-3-11(24-14)9-15-16(21)19-7-6-18-17(19)25-15/h2-5,8-9H,6-7H2,1H3/b15-9+. The zero-order valence-electron chi connectivity index (χ0n) is 13.3. The van der Waals surface area contributed by atoms with Gasteiger partial charge in [0.05, 0.1) is 21.6 Å². The summed E-state index contributed by atoms with van der Waals surface area (Å²) < 4.78 is 7.91. The molecule has 0 radical (unpaired) electrons. The molecule has 25 heavy (non-hydrogen) atoms. The predicted molar refractivity (Wildman–Crippen MR) is 93.3 cm³/mol. The number of furan rings is 1. The van der Waals surface area contributed by atoms with Gasteiger partial charge in [-0.1, -0.05) is 17.4 Å². The van der Waals surface area contributed by atoms with E-state index < -0.39 is 4.92 Å². The third-order valence-corrected chi connectivity index (χ3v) is 5.02. The number of fused-ring (bicyclic) bond motifs is 1. The zero-order chi connectivity index (χ0) is 17.6. The minimum atomic E-state index is -0.425. The van der Waals surface area contributed by atoms with E-state index in [9.17, 15) is 14.9 Å². The van der Waals surface area contributed by atoms with Crippen LogP contribution in [0.15, 0.2) is 44.5 Å². The van der Waals surface area contributed by atoms with E-state index >= 15 is 0 Å². The number of nitrogens with zero attached hydrogens (tertiary/aromatic N) is 3. The second kappa shape index (κ2) is 5.82. The van der Waals surface area contributed by atoms with Gasteiger partial charge in [-0.05, 0) is 30.7 Å². The molecule has 0 unspecified atom stereocenters. The van der Waals surface area contributed by atoms with Crippen LogP contribution in [0.5, 0.6) is 0 Å². The molecular formula is C17H13N3O4S. The molecule has 0 amide bonds. The SMILES string of the molecule is Cc1ccc(-c2ccc(/C=c3/sc4n(c3=O)CCN=4)o2)c([N+](=O)[O-])c1. The highest BCUT2D eigenvalue weighted by Crippen LogP contribution is 2.32. The Labute approximate surface area is 145 Å². The Kier molecular flexibility index (Phi) is 3.61. The maximum Gasteiger partial charge on any atom is 0.280 e. The number of rotatable bonds is 3. The molecule has 1 aliphatic rings. The minimum Gasteiger partial charge on any atom is -0.456 e. The highest BCUT2D eigenvalue weighted by molar-refractivity contribution is 7.07. The maximum atomic E-state index is 12.3. The van der Waals surface area contributed by atoms with E-state index in [0.717, 1.165) is 10.4 Å². The lowest BCUT2D eigenvalue weighted by Gasteiger charge is -2.00. The van der Waals surface area contributed by atoms with Crippen LogP contribution in [0.25, 0.3) is 17.4 Å². The molecule has 0 atom stereocenters. The molecule has 0 bridgehead atoms. The van der Waals surface area contributed by atoms with E-state index in [2.05, 4.69) is 4.99 Å². The van der Waals surface area contributed by atoms with E-state index in [1.54, 1.807) is 41.8 Å². The van der Waals surface area contributed by atoms with Crippen LogP contribution in [0.4, 0.5) is 5.69 Å². The molecule has 1 aromatic carbocycles. The fraction of sp³-hybridized carbons (Fsp3) is 0.176. The van der Waals surface area contributed by atoms with Gasteiger partial charge >= 0.3 is 0 Å². The summed E-state index contributed by atoms with van der Waals surface area (Å²) >= 11 is 1.32. The summed E-state index contributed by atoms with van der Waals surface area (Å²) in [5, 5.41) is 11.3. The van der Waals surface area contributed by atoms with Crippen LogP contribution in [-0.4, -0.2) is 16.0 Å². The summed E-state index contributed by atoms with van der Waals surface area (Å²) in [6.45, 7) is 3.05. The molecular weight excluding hydrogens is 342 g/mol. The van der Waals surface area contributed by atoms with Crippen LogP contribution < -0.4 is 14.9 Å². The average molecular weight is 355 g/mol. The number of benzene rings is 1. The minimum absolute atomic E-state index is 0.00475. The van der Waals surface area contributed by atoms with Gasteiger partial charge in [-0.25, -0.2) is 0 Å². The molecule has 0 saturated carbocycles. The smallest absolute Gasteiger partial charge is 0.280 e. The van der Waals surface area contributed by atoms with Crippen molar-refractivity contribution in [2.45, 2.75) is 13.5 Å². The normalized spacial score (nSPS) is 13.7. The van der Waals surface area contributed by atoms with Gasteiger partial charge in [-0.2, -0.15) is 0 Å². The maximum absolute atomic E-state index is 12.3. The Morgan fingerprint density at radius 1 is 1.36 bits per heavy atom. The van der Waals surface area contributed by atoms with Crippen LogP contribution in [0.2, 0.25) is 0 Å². The summed E-state index contributed by atoms with van der Waals surface area (Å²) in [4.78, 5) is 28.1. The average Bonchev–Trinajstić information content (AvgIpc) is 3.28. The van der Waals surface area contributed by atoms with Crippen LogP contribution in [0, 0.1) is 17.0 Å². The molecule has 3 aromatic rings. The lowest BCUT2D eigenvalue weighted by Crippen LogP contribution is -2.29. The second-order valence-corrected chi connectivity index (χ2v) is 6.72. The first-order valence-corrected chi connectivity index (χ1v) is 8.46. The molecule has 4 rings (SSSR count). The Morgan fingerprint density at radius 3 is 2.96 bits per heavy atom. The van der Waals surface area contributed by atoms with Crippen molar-refractivity contribution in [2.24, 2.45) is 4.99 Å². The number of hydrogen-bond acceptors (Lipinski definition) is 6. The highest BCUT2D eigenvalue weighted by Gasteiger charge is 2.18. The van der Waals surface area contributed by atoms with Crippen LogP contribution >= 0.6 is 11.3 Å². The van der Waals surface area contributed by atoms with Crippen LogP contribution in [0.1, 0.15) is 11.3 Å². The molecule has 0 fully saturated rings. The van der Waals surface area contributed by atoms with E-state index in [1.165, 1.54) is 17.4 Å². The highest BCUT2D eigenvalue weighted by atomic mass is 32.1. The topological polar surface area (TPSA) is 90.6 Å². The second-order valence-electron chi connectivity index (χ2n) is 5.71. The fourth-order valence-electron chi connectivity index (χ4n) is 2.77. The van der Waals surface area contributed by atoms with Crippen molar-refractivity contribution in [3.63, 3.8) is 0 Å². The van der Waals surface area contributed by atoms with Crippen LogP contribution in [0.3, 0.4) is 0 Å². The van der Waals surface area contributed by atoms with E-state index in [1.807, 2.05) is 0 Å². The van der Waals surface area contributed by atoms with Gasteiger partial charge in [0.15, 0.2) is 4.80 Å². The lowest BCUT2D eigenvalue weighted by atomic mass is 10.1. The Bertz CT molecular complexity index is 1170. The van der Waals surface area contributed by atoms with Crippen molar-refractivity contribution in [1.82, 2.24) is 4.57 Å². The Balaban J connectivity index is 1.79. The van der Waals surface area contributed by atoms with E-state index in [-0.39, 0.29) is 11.2 Å². The van der Waals surface area contributed by atoms with Crippen molar-refractivity contribution >= 4 is 23.1 Å². The largest absolute Gasteiger partial charge is 0.456 e. The van der Waals surface area contributed by atoms with E-state index in [4.69, 9.17) is 4.42 Å². The first-order chi connectivity index (χ1) is 12.0. The zero-order valence-corrected chi connectivity index (χ0v) is 14.1. The summed E-state index contributed by atoms with van der Waals surface area (Å²) in [6.07, 6.45) is 1.65. The molecule has 2 aromatic heterocycles. The van der Waals surface area contributed by atoms with Gasteiger partial charge in [0.25, 0.3) is 11.2 Å². The third kappa shape index (κ3) is 2.70. The van der Waals surface area contributed by atoms with Gasteiger partial charge in [0.1, 0.15) is 11.5 Å². The summed E-state index contributed by atoms with van der Waals surface area (Å²) in [6, 6.07) is 8.35. The molecule has 126 valence electrons. The molecule has 0 spiro atoms. The number of aryl methyl sites for hydroxylation is 1. The van der Waals surface area contributed by atoms with Gasteiger partial charge in [-0.15, -0.1) is 0 Å². The monoisotopic (exact) mass is 355 g/mol. The predicted octanol–water partition coefficient (Wildman–Crippen LogP) is 1.85. The molecule has 1 aliphatic heterocycles. The van der Waals surface area contributed by atoms with Gasteiger partial charge in [0, 0.05) is 18.7 Å². The van der Waals surface area contributed by atoms with E-state index in [0.29, 0.717) is 34.7 Å². The molecule has 7 nitrogen and oxygen atoms in total. The van der Waals surface area contributed by atoms with Crippen molar-refractivity contribution in [3.05, 3.63) is 71.5 Å². The van der Waals surface area contributed by atoms with Crippen molar-refractivity contribution in [3.8, 4) is 11.3 Å². The molecule has 0 aliphatic carbocycles. The Morgan fingerprint density at radius 2 is 2.20 bits per heavy atom. The summed E-state index contributed by atoms with van der Waals surface area (Å²) in [5.74, 6) is 0.870. The first-order valence-electron chi connectivity index (χ1n) is 7.64. The lowest BCUT2D eigenvalue weighted by molar-refractivity contribution is -0.384. The molecule has 3 heterocycles. The summed E-state index contributed by atoms with van der Waals surface area (Å²) in [7, 11) is 0. The fourth-order valence-corrected chi connectivity index (χ4v) is 3.78. The number of aromatic nitrogens is 1. The molecule has 0 saturated heterocycles. The number of nitro benzene ring substituents is 1. The first kappa shape index (κ1) is 15.5. The molecule has 8 heteroatoms. The Hall–Kier alpha value is -3.00. The van der Waals surface area contributed by atoms with Gasteiger partial charge in [-0.3, -0.25) is 24.5 Å². The number of hydrogen-bond donors (Lipinski definition) is 0. The van der Waals surface area contributed by atoms with Crippen LogP contribution in [-0.2, 0) is 6.54 Å².